The Morgan fingerprint density at radius 3 is 2.62 bits per heavy atom. The number of benzene rings is 1. The summed E-state index contributed by atoms with van der Waals surface area (Å²) < 4.78 is 11.6. The second-order valence-electron chi connectivity index (χ2n) is 4.44. The van der Waals surface area contributed by atoms with Gasteiger partial charge in [0, 0.05) is 5.02 Å². The van der Waals surface area contributed by atoms with Crippen LogP contribution in [-0.4, -0.2) is 22.7 Å². The SMILES string of the molecule is O=C(COc1ccc(Cl)cc1)Nc1nnc(-c2cc(Cl)sc2Cl)o1. The molecule has 3 rings (SSSR count). The number of rotatable bonds is 5. The molecule has 0 spiro atoms. The van der Waals surface area contributed by atoms with Crippen molar-refractivity contribution in [3.63, 3.8) is 0 Å². The van der Waals surface area contributed by atoms with Gasteiger partial charge in [-0.25, -0.2) is 0 Å². The van der Waals surface area contributed by atoms with Crippen LogP contribution < -0.4 is 10.1 Å². The van der Waals surface area contributed by atoms with E-state index in [9.17, 15) is 4.79 Å². The fraction of sp³-hybridized carbons (Fsp3) is 0.0714. The molecule has 0 aliphatic carbocycles. The van der Waals surface area contributed by atoms with Gasteiger partial charge in [0.1, 0.15) is 10.1 Å². The van der Waals surface area contributed by atoms with Gasteiger partial charge < -0.3 is 9.15 Å². The Balaban J connectivity index is 1.59. The minimum atomic E-state index is -0.449. The lowest BCUT2D eigenvalue weighted by atomic mass is 10.3. The number of ether oxygens (including phenoxy) is 1. The normalized spacial score (nSPS) is 10.6. The Kier molecular flexibility index (Phi) is 5.25. The van der Waals surface area contributed by atoms with E-state index in [0.29, 0.717) is 25.0 Å². The number of carbonyl (C=O) groups is 1. The first-order valence-corrected chi connectivity index (χ1v) is 8.43. The van der Waals surface area contributed by atoms with Crippen molar-refractivity contribution >= 4 is 58.1 Å². The zero-order valence-electron chi connectivity index (χ0n) is 11.8. The van der Waals surface area contributed by atoms with E-state index in [2.05, 4.69) is 15.5 Å². The van der Waals surface area contributed by atoms with Crippen LogP contribution in [0.1, 0.15) is 0 Å². The quantitative estimate of drug-likeness (QED) is 0.662. The topological polar surface area (TPSA) is 77.2 Å². The first-order chi connectivity index (χ1) is 11.5. The number of thiophene rings is 1. The summed E-state index contributed by atoms with van der Waals surface area (Å²) in [5, 5.41) is 10.6. The molecule has 0 saturated carbocycles. The summed E-state index contributed by atoms with van der Waals surface area (Å²) in [7, 11) is 0. The van der Waals surface area contributed by atoms with Gasteiger partial charge in [0.15, 0.2) is 6.61 Å². The third kappa shape index (κ3) is 4.18. The molecule has 0 saturated heterocycles. The number of anilines is 1. The van der Waals surface area contributed by atoms with Crippen LogP contribution in [0.3, 0.4) is 0 Å². The van der Waals surface area contributed by atoms with E-state index in [1.807, 2.05) is 0 Å². The van der Waals surface area contributed by atoms with E-state index in [-0.39, 0.29) is 18.5 Å². The van der Waals surface area contributed by atoms with Crippen molar-refractivity contribution in [3.8, 4) is 17.2 Å². The molecule has 3 aromatic rings. The number of aromatic nitrogens is 2. The lowest BCUT2D eigenvalue weighted by molar-refractivity contribution is -0.118. The molecule has 2 aromatic heterocycles. The van der Waals surface area contributed by atoms with Gasteiger partial charge in [-0.3, -0.25) is 10.1 Å². The van der Waals surface area contributed by atoms with Crippen molar-refractivity contribution in [1.82, 2.24) is 10.2 Å². The average Bonchev–Trinajstić information content (AvgIpc) is 3.12. The van der Waals surface area contributed by atoms with E-state index in [0.717, 1.165) is 0 Å². The van der Waals surface area contributed by atoms with E-state index in [1.165, 1.54) is 11.3 Å². The fourth-order valence-corrected chi connectivity index (χ4v) is 3.28. The van der Waals surface area contributed by atoms with Gasteiger partial charge in [-0.2, -0.15) is 0 Å². The molecule has 0 aliphatic rings. The number of nitrogens with one attached hydrogen (secondary N) is 1. The van der Waals surface area contributed by atoms with Crippen LogP contribution in [0.4, 0.5) is 6.01 Å². The monoisotopic (exact) mass is 403 g/mol. The standard InChI is InChI=1S/C14H8Cl3N3O3S/c15-7-1-3-8(4-2-7)22-6-11(21)18-14-20-19-13(23-14)9-5-10(16)24-12(9)17/h1-5H,6H2,(H,18,20,21). The summed E-state index contributed by atoms with van der Waals surface area (Å²) in [5.74, 6) is 0.229. The molecule has 0 bridgehead atoms. The Bertz CT molecular complexity index is 864. The number of halogens is 3. The molecule has 1 aromatic carbocycles. The summed E-state index contributed by atoms with van der Waals surface area (Å²) in [6.45, 7) is -0.218. The van der Waals surface area contributed by atoms with E-state index >= 15 is 0 Å². The third-order valence-electron chi connectivity index (χ3n) is 2.74. The lowest BCUT2D eigenvalue weighted by Crippen LogP contribution is -2.20. The Labute approximate surface area is 155 Å². The highest BCUT2D eigenvalue weighted by molar-refractivity contribution is 7.20. The van der Waals surface area contributed by atoms with Crippen molar-refractivity contribution in [2.24, 2.45) is 0 Å². The van der Waals surface area contributed by atoms with Gasteiger partial charge in [-0.1, -0.05) is 39.9 Å². The molecule has 124 valence electrons. The van der Waals surface area contributed by atoms with Gasteiger partial charge >= 0.3 is 6.01 Å². The number of hydrogen-bond donors (Lipinski definition) is 1. The minimum absolute atomic E-state index is 0.0619. The summed E-state index contributed by atoms with van der Waals surface area (Å²) in [4.78, 5) is 11.8. The Hall–Kier alpha value is -1.80. The van der Waals surface area contributed by atoms with Crippen molar-refractivity contribution in [2.45, 2.75) is 0 Å². The predicted octanol–water partition coefficient (Wildman–Crippen LogP) is 4.78. The van der Waals surface area contributed by atoms with E-state index in [1.54, 1.807) is 30.3 Å². The van der Waals surface area contributed by atoms with Gasteiger partial charge in [-0.15, -0.1) is 16.4 Å². The fourth-order valence-electron chi connectivity index (χ4n) is 1.70. The van der Waals surface area contributed by atoms with Gasteiger partial charge in [-0.05, 0) is 30.3 Å². The van der Waals surface area contributed by atoms with Gasteiger partial charge in [0.2, 0.25) is 0 Å². The molecule has 0 atom stereocenters. The Morgan fingerprint density at radius 2 is 1.96 bits per heavy atom. The van der Waals surface area contributed by atoms with Crippen molar-refractivity contribution < 1.29 is 13.9 Å². The van der Waals surface area contributed by atoms with E-state index in [4.69, 9.17) is 44.0 Å². The van der Waals surface area contributed by atoms with Crippen LogP contribution in [-0.2, 0) is 4.79 Å². The number of carbonyl (C=O) groups excluding carboxylic acids is 1. The van der Waals surface area contributed by atoms with Crippen LogP contribution in [0.2, 0.25) is 13.7 Å². The molecular formula is C14H8Cl3N3O3S. The number of amides is 1. The predicted molar refractivity (Wildman–Crippen MR) is 93.2 cm³/mol. The molecule has 6 nitrogen and oxygen atoms in total. The second kappa shape index (κ2) is 7.40. The molecule has 24 heavy (non-hydrogen) atoms. The van der Waals surface area contributed by atoms with Crippen LogP contribution in [0.25, 0.3) is 11.5 Å². The van der Waals surface area contributed by atoms with Crippen LogP contribution in [0, 0.1) is 0 Å². The van der Waals surface area contributed by atoms with Crippen molar-refractivity contribution in [1.29, 1.82) is 0 Å². The first-order valence-electron chi connectivity index (χ1n) is 6.48. The highest BCUT2D eigenvalue weighted by Crippen LogP contribution is 2.37. The molecule has 0 aliphatic heterocycles. The highest BCUT2D eigenvalue weighted by Gasteiger charge is 2.16. The molecular weight excluding hydrogens is 397 g/mol. The van der Waals surface area contributed by atoms with Gasteiger partial charge in [0.25, 0.3) is 11.8 Å². The molecule has 1 N–H and O–H groups in total. The Morgan fingerprint density at radius 1 is 1.21 bits per heavy atom. The van der Waals surface area contributed by atoms with Crippen molar-refractivity contribution in [2.75, 3.05) is 11.9 Å². The number of nitrogens with zero attached hydrogens (tertiary/aromatic N) is 2. The maximum atomic E-state index is 11.8. The minimum Gasteiger partial charge on any atom is -0.484 e. The molecule has 0 radical (unpaired) electrons. The maximum absolute atomic E-state index is 11.8. The van der Waals surface area contributed by atoms with E-state index < -0.39 is 5.91 Å². The summed E-state index contributed by atoms with van der Waals surface area (Å²) >= 11 is 18.8. The van der Waals surface area contributed by atoms with Crippen molar-refractivity contribution in [3.05, 3.63) is 44.0 Å². The molecule has 1 amide bonds. The molecule has 2 heterocycles. The summed E-state index contributed by atoms with van der Waals surface area (Å²) in [5.41, 5.74) is 0.511. The van der Waals surface area contributed by atoms with Crippen LogP contribution in [0.15, 0.2) is 34.7 Å². The molecule has 0 fully saturated rings. The largest absolute Gasteiger partial charge is 0.484 e. The highest BCUT2D eigenvalue weighted by atomic mass is 35.5. The third-order valence-corrected chi connectivity index (χ3v) is 4.48. The van der Waals surface area contributed by atoms with Crippen LogP contribution >= 0.6 is 46.1 Å². The van der Waals surface area contributed by atoms with Gasteiger partial charge in [0.05, 0.1) is 9.90 Å². The summed E-state index contributed by atoms with van der Waals surface area (Å²) in [6, 6.07) is 8.18. The lowest BCUT2D eigenvalue weighted by Gasteiger charge is -2.04. The number of hydrogen-bond acceptors (Lipinski definition) is 6. The molecule has 10 heteroatoms. The zero-order chi connectivity index (χ0) is 17.1. The first kappa shape index (κ1) is 17.0. The average molecular weight is 405 g/mol. The smallest absolute Gasteiger partial charge is 0.322 e. The zero-order valence-corrected chi connectivity index (χ0v) is 14.8. The maximum Gasteiger partial charge on any atom is 0.322 e. The second-order valence-corrected chi connectivity index (χ2v) is 7.16. The molecule has 0 unspecified atom stereocenters. The summed E-state index contributed by atoms with van der Waals surface area (Å²) in [6.07, 6.45) is 0. The van der Waals surface area contributed by atoms with Crippen LogP contribution in [0.5, 0.6) is 5.75 Å².